The van der Waals surface area contributed by atoms with E-state index in [2.05, 4.69) is 31.5 Å². The maximum atomic E-state index is 12.9. The fourth-order valence-electron chi connectivity index (χ4n) is 7.64. The van der Waals surface area contributed by atoms with Gasteiger partial charge in [0.25, 0.3) is 35.4 Å². The van der Waals surface area contributed by atoms with Gasteiger partial charge in [0.2, 0.25) is 0 Å². The van der Waals surface area contributed by atoms with Gasteiger partial charge in [0.15, 0.2) is 12.7 Å². The van der Waals surface area contributed by atoms with Gasteiger partial charge >= 0.3 is 0 Å². The van der Waals surface area contributed by atoms with E-state index in [1.54, 1.807) is 36.4 Å². The molecule has 76 heavy (non-hydrogen) atoms. The first-order valence-electron chi connectivity index (χ1n) is 23.1. The van der Waals surface area contributed by atoms with E-state index in [9.17, 15) is 28.8 Å². The van der Waals surface area contributed by atoms with Crippen molar-refractivity contribution in [2.75, 3.05) is 27.3 Å². The zero-order valence-corrected chi connectivity index (χ0v) is 45.7. The number of aryl methyl sites for hydroxylation is 4. The number of rotatable bonds is 13. The summed E-state index contributed by atoms with van der Waals surface area (Å²) in [5.74, 6) is -1.09. The van der Waals surface area contributed by atoms with Crippen LogP contribution in [-0.2, 0) is 19.2 Å². The lowest BCUT2D eigenvalue weighted by Gasteiger charge is -2.19. The van der Waals surface area contributed by atoms with Gasteiger partial charge < -0.3 is 30.7 Å². The lowest BCUT2D eigenvalue weighted by molar-refractivity contribution is -0.123. The number of carbonyl (C=O) groups excluding carboxylic acids is 6. The van der Waals surface area contributed by atoms with Crippen LogP contribution in [0.15, 0.2) is 119 Å². The molecule has 0 fully saturated rings. The van der Waals surface area contributed by atoms with Crippen LogP contribution in [0.5, 0.6) is 11.5 Å². The van der Waals surface area contributed by atoms with Crippen molar-refractivity contribution in [3.8, 4) is 11.5 Å². The Balaban J connectivity index is 0.000000221. The van der Waals surface area contributed by atoms with Gasteiger partial charge in [-0.1, -0.05) is 124 Å². The summed E-state index contributed by atoms with van der Waals surface area (Å²) in [4.78, 5) is 76.2. The molecule has 0 saturated heterocycles. The molecule has 0 aromatic heterocycles. The molecule has 4 N–H and O–H groups in total. The molecule has 0 saturated carbocycles. The third-order valence-electron chi connectivity index (χ3n) is 11.2. The first kappa shape index (κ1) is 56.5. The summed E-state index contributed by atoms with van der Waals surface area (Å²) in [6, 6.07) is 30.0. The molecule has 16 nitrogen and oxygen atoms in total. The van der Waals surface area contributed by atoms with Crippen molar-refractivity contribution in [1.82, 2.24) is 10.6 Å². The molecule has 22 heteroatoms. The number of nitrogens with one attached hydrogen (secondary N) is 4. The van der Waals surface area contributed by atoms with Crippen molar-refractivity contribution in [2.24, 2.45) is 10.2 Å². The quantitative estimate of drug-likeness (QED) is 0.0875. The molecule has 8 rings (SSSR count). The minimum atomic E-state index is -0.722. The van der Waals surface area contributed by atoms with Gasteiger partial charge in [-0.25, -0.2) is 0 Å². The minimum absolute atomic E-state index is 0.119. The molecule has 1 unspecified atom stereocenters. The van der Waals surface area contributed by atoms with Crippen LogP contribution in [0, 0.1) is 27.7 Å². The molecular formula is C54H46Cl6N8O8. The Morgan fingerprint density at radius 1 is 0.566 bits per heavy atom. The van der Waals surface area contributed by atoms with Gasteiger partial charge in [-0.15, -0.1) is 0 Å². The van der Waals surface area contributed by atoms with Crippen LogP contribution >= 0.6 is 69.6 Å². The highest BCUT2D eigenvalue weighted by atomic mass is 35.5. The van der Waals surface area contributed by atoms with Crippen LogP contribution in [0.4, 0.5) is 22.7 Å². The van der Waals surface area contributed by atoms with Crippen LogP contribution in [0.1, 0.15) is 69.2 Å². The van der Waals surface area contributed by atoms with E-state index in [-0.39, 0.29) is 85.5 Å². The van der Waals surface area contributed by atoms with Gasteiger partial charge in [0, 0.05) is 32.5 Å². The van der Waals surface area contributed by atoms with Crippen LogP contribution in [0.2, 0.25) is 30.1 Å². The fraction of sp³-hybridized carbons (Fsp3) is 0.185. The van der Waals surface area contributed by atoms with Crippen molar-refractivity contribution in [2.45, 2.75) is 60.0 Å². The average molecular weight is 1150 g/mol. The molecule has 0 spiro atoms. The topological polar surface area (TPSA) is 200 Å². The number of ether oxygens (including phenoxy) is 2. The van der Waals surface area contributed by atoms with E-state index >= 15 is 0 Å². The molecule has 0 bridgehead atoms. The summed E-state index contributed by atoms with van der Waals surface area (Å²) in [7, 11) is 0. The molecule has 2 aliphatic heterocycles. The maximum absolute atomic E-state index is 12.9. The highest BCUT2D eigenvalue weighted by Gasteiger charge is 2.32. The standard InChI is InChI=1S/C28H25Cl3N4O4.C26H21Cl3N4O4/c1-4-22(39-23-9-8-15(2)10-16(23)3)28(38)32-19-7-5-6-17(11-19)27(37)33-24-14-25(36)35(34-24)26-20(30)12-18(29)13-21(26)31;1-14-6-7-21(15(2)8-14)37-13-23(34)30-18-5-3-4-16(9-18)26(36)31-22-12-24(35)33(32-22)25-19(28)10-17(27)11-20(25)29/h5-13,22H,4,14H2,1-3H3,(H,32,38)(H,33,34,37);3-11H,12-13H2,1-2H3,(H,30,34)(H,31,32,36). The lowest BCUT2D eigenvalue weighted by Crippen LogP contribution is -2.33. The van der Waals surface area contributed by atoms with Crippen LogP contribution < -0.4 is 40.8 Å². The Labute approximate surface area is 467 Å². The Bertz CT molecular complexity index is 3330. The van der Waals surface area contributed by atoms with E-state index in [4.69, 9.17) is 79.1 Å². The van der Waals surface area contributed by atoms with Crippen LogP contribution in [0.25, 0.3) is 0 Å². The first-order valence-corrected chi connectivity index (χ1v) is 25.4. The molecule has 1 atom stereocenters. The summed E-state index contributed by atoms with van der Waals surface area (Å²) in [6.45, 7) is 9.46. The van der Waals surface area contributed by atoms with Crippen molar-refractivity contribution in [1.29, 1.82) is 0 Å². The van der Waals surface area contributed by atoms with Gasteiger partial charge in [-0.3, -0.25) is 28.8 Å². The molecule has 2 heterocycles. The third kappa shape index (κ3) is 14.4. The predicted molar refractivity (Wildman–Crippen MR) is 299 cm³/mol. The van der Waals surface area contributed by atoms with Gasteiger partial charge in [0.1, 0.15) is 34.5 Å². The van der Waals surface area contributed by atoms with E-state index in [1.807, 2.05) is 71.0 Å². The van der Waals surface area contributed by atoms with E-state index in [0.29, 0.717) is 39.3 Å². The van der Waals surface area contributed by atoms with E-state index < -0.39 is 29.7 Å². The van der Waals surface area contributed by atoms with Crippen molar-refractivity contribution in [3.05, 3.63) is 173 Å². The monoisotopic (exact) mass is 1140 g/mol. The van der Waals surface area contributed by atoms with Crippen molar-refractivity contribution < 1.29 is 38.2 Å². The largest absolute Gasteiger partial charge is 0.483 e. The molecule has 392 valence electrons. The SMILES string of the molecule is CCC(Oc1ccc(C)cc1C)C(=O)Nc1cccc(C(=O)NC2=NN(c3c(Cl)cc(Cl)cc3Cl)C(=O)C2)c1.Cc1ccc(OCC(=O)Nc2cccc(C(=O)NC3=NN(c4c(Cl)cc(Cl)cc4Cl)C(=O)C3)c2)c(C)c1. The number of hydrazone groups is 2. The zero-order valence-electron chi connectivity index (χ0n) is 41.1. The third-order valence-corrected chi connectivity index (χ3v) is 12.8. The van der Waals surface area contributed by atoms with Crippen molar-refractivity contribution >= 4 is 139 Å². The summed E-state index contributed by atoms with van der Waals surface area (Å²) < 4.78 is 11.6. The summed E-state index contributed by atoms with van der Waals surface area (Å²) >= 11 is 36.7. The molecule has 6 amide bonds. The predicted octanol–water partition coefficient (Wildman–Crippen LogP) is 12.3. The number of amides is 6. The number of halogens is 6. The number of nitrogens with zero attached hydrogens (tertiary/aromatic N) is 4. The van der Waals surface area contributed by atoms with E-state index in [1.165, 1.54) is 36.4 Å². The second kappa shape index (κ2) is 25.1. The number of hydrogen-bond acceptors (Lipinski definition) is 10. The average Bonchev–Trinajstić information content (AvgIpc) is 3.90. The number of benzene rings is 6. The Hall–Kier alpha value is -7.18. The van der Waals surface area contributed by atoms with Gasteiger partial charge in [-0.05, 0) is 118 Å². The summed E-state index contributed by atoms with van der Waals surface area (Å²) in [5.41, 5.74) is 5.76. The van der Waals surface area contributed by atoms with Gasteiger partial charge in [-0.2, -0.15) is 20.2 Å². The minimum Gasteiger partial charge on any atom is -0.483 e. The van der Waals surface area contributed by atoms with E-state index in [0.717, 1.165) is 32.3 Å². The maximum Gasteiger partial charge on any atom is 0.265 e. The van der Waals surface area contributed by atoms with Crippen LogP contribution in [-0.4, -0.2) is 59.8 Å². The van der Waals surface area contributed by atoms with Crippen LogP contribution in [0.3, 0.4) is 0 Å². The fourth-order valence-corrected chi connectivity index (χ4v) is 9.59. The lowest BCUT2D eigenvalue weighted by atomic mass is 10.1. The Kier molecular flexibility index (Phi) is 18.7. The highest BCUT2D eigenvalue weighted by Crippen LogP contribution is 2.40. The summed E-state index contributed by atoms with van der Waals surface area (Å²) in [6.07, 6.45) is -0.593. The Morgan fingerprint density at radius 3 is 1.43 bits per heavy atom. The number of hydrogen-bond donors (Lipinski definition) is 4. The number of amidine groups is 2. The highest BCUT2D eigenvalue weighted by molar-refractivity contribution is 6.44. The smallest absolute Gasteiger partial charge is 0.265 e. The summed E-state index contributed by atoms with van der Waals surface area (Å²) in [5, 5.41) is 22.4. The molecular weight excluding hydrogens is 1100 g/mol. The molecule has 6 aromatic carbocycles. The zero-order chi connectivity index (χ0) is 55.0. The Morgan fingerprint density at radius 2 is 1.00 bits per heavy atom. The number of anilines is 4. The first-order chi connectivity index (χ1) is 36.1. The second-order valence-corrected chi connectivity index (χ2v) is 19.7. The molecule has 0 radical (unpaired) electrons. The molecule has 2 aliphatic rings. The number of carbonyl (C=O) groups is 6. The molecule has 0 aliphatic carbocycles. The van der Waals surface area contributed by atoms with Crippen molar-refractivity contribution in [3.63, 3.8) is 0 Å². The van der Waals surface area contributed by atoms with Gasteiger partial charge in [0.05, 0.1) is 32.9 Å². The normalized spacial score (nSPS) is 13.2. The second-order valence-electron chi connectivity index (χ2n) is 17.2. The molecule has 6 aromatic rings.